The summed E-state index contributed by atoms with van der Waals surface area (Å²) in [5.74, 6) is -3.15. The molecule has 1 rings (SSSR count). The molecule has 114 valence electrons. The molecular formula is C12H13FN2O6. The van der Waals surface area contributed by atoms with Crippen molar-refractivity contribution in [1.29, 1.82) is 0 Å². The Morgan fingerprint density at radius 3 is 2.62 bits per heavy atom. The van der Waals surface area contributed by atoms with E-state index in [1.807, 2.05) is 0 Å². The van der Waals surface area contributed by atoms with Gasteiger partial charge >= 0.3 is 5.97 Å². The first kappa shape index (κ1) is 16.5. The van der Waals surface area contributed by atoms with E-state index in [1.165, 1.54) is 6.92 Å². The van der Waals surface area contributed by atoms with Crippen LogP contribution in [0.1, 0.15) is 15.9 Å². The first-order valence-corrected chi connectivity index (χ1v) is 5.76. The Morgan fingerprint density at radius 2 is 2.14 bits per heavy atom. The standard InChI is InChI=1S/C12H13FN2O6/c1-6-3-7(15(19)20)4-8(10(6)13)11(16)14-5-9(21-2)12(17)18/h3-4,9H,5H2,1-2H3,(H,14,16)(H,17,18). The first-order chi connectivity index (χ1) is 9.77. The lowest BCUT2D eigenvalue weighted by Crippen LogP contribution is -2.38. The predicted octanol–water partition coefficient (Wildman–Crippen LogP) is 0.872. The van der Waals surface area contributed by atoms with Crippen molar-refractivity contribution in [3.63, 3.8) is 0 Å². The monoisotopic (exact) mass is 300 g/mol. The molecule has 0 heterocycles. The molecule has 0 saturated heterocycles. The molecule has 0 aliphatic heterocycles. The van der Waals surface area contributed by atoms with E-state index in [1.54, 1.807) is 0 Å². The second kappa shape index (κ2) is 6.75. The number of hydrogen-bond donors (Lipinski definition) is 2. The number of benzene rings is 1. The smallest absolute Gasteiger partial charge is 0.334 e. The highest BCUT2D eigenvalue weighted by molar-refractivity contribution is 5.95. The van der Waals surface area contributed by atoms with E-state index in [2.05, 4.69) is 10.1 Å². The van der Waals surface area contributed by atoms with Crippen LogP contribution in [0.4, 0.5) is 10.1 Å². The summed E-state index contributed by atoms with van der Waals surface area (Å²) in [5, 5.41) is 21.6. The summed E-state index contributed by atoms with van der Waals surface area (Å²) in [6.45, 7) is 0.889. The summed E-state index contributed by atoms with van der Waals surface area (Å²) in [5.41, 5.74) is -1.02. The van der Waals surface area contributed by atoms with Gasteiger partial charge in [-0.15, -0.1) is 0 Å². The Kier molecular flexibility index (Phi) is 5.30. The maximum Gasteiger partial charge on any atom is 0.334 e. The quantitative estimate of drug-likeness (QED) is 0.594. The minimum atomic E-state index is -1.30. The molecule has 2 N–H and O–H groups in total. The minimum absolute atomic E-state index is 0.0594. The number of carbonyl (C=O) groups excluding carboxylic acids is 1. The third kappa shape index (κ3) is 3.96. The minimum Gasteiger partial charge on any atom is -0.479 e. The first-order valence-electron chi connectivity index (χ1n) is 5.76. The number of methoxy groups -OCH3 is 1. The average molecular weight is 300 g/mol. The summed E-state index contributed by atoms with van der Waals surface area (Å²) in [7, 11) is 1.14. The summed E-state index contributed by atoms with van der Waals surface area (Å²) in [6, 6.07) is 1.79. The molecule has 1 atom stereocenters. The highest BCUT2D eigenvalue weighted by atomic mass is 19.1. The number of hydrogen-bond acceptors (Lipinski definition) is 5. The lowest BCUT2D eigenvalue weighted by atomic mass is 10.1. The second-order valence-electron chi connectivity index (χ2n) is 4.15. The van der Waals surface area contributed by atoms with Crippen LogP contribution in [0.2, 0.25) is 0 Å². The van der Waals surface area contributed by atoms with Gasteiger partial charge in [0.1, 0.15) is 5.82 Å². The van der Waals surface area contributed by atoms with Gasteiger partial charge in [-0.1, -0.05) is 0 Å². The van der Waals surface area contributed by atoms with Crippen LogP contribution in [0.3, 0.4) is 0 Å². The molecule has 1 unspecified atom stereocenters. The number of aryl methyl sites for hydroxylation is 1. The average Bonchev–Trinajstić information content (AvgIpc) is 2.41. The molecule has 0 aromatic heterocycles. The number of aliphatic carboxylic acids is 1. The zero-order chi connectivity index (χ0) is 16.2. The number of nitrogens with zero attached hydrogens (tertiary/aromatic N) is 1. The third-order valence-electron chi connectivity index (χ3n) is 2.70. The van der Waals surface area contributed by atoms with Gasteiger partial charge in [-0.05, 0) is 12.5 Å². The largest absolute Gasteiger partial charge is 0.479 e. The van der Waals surface area contributed by atoms with Crippen LogP contribution in [0.5, 0.6) is 0 Å². The molecule has 0 spiro atoms. The molecule has 1 aromatic carbocycles. The summed E-state index contributed by atoms with van der Waals surface area (Å²) < 4.78 is 18.4. The Balaban J connectivity index is 2.97. The normalized spacial score (nSPS) is 11.8. The summed E-state index contributed by atoms with van der Waals surface area (Å²) in [6.07, 6.45) is -1.29. The van der Waals surface area contributed by atoms with Crippen LogP contribution >= 0.6 is 0 Å². The molecule has 0 aliphatic rings. The van der Waals surface area contributed by atoms with Crippen molar-refractivity contribution in [2.75, 3.05) is 13.7 Å². The number of non-ortho nitro benzene ring substituents is 1. The van der Waals surface area contributed by atoms with Gasteiger partial charge in [-0.25, -0.2) is 9.18 Å². The van der Waals surface area contributed by atoms with Crippen molar-refractivity contribution in [2.24, 2.45) is 0 Å². The van der Waals surface area contributed by atoms with Crippen molar-refractivity contribution >= 4 is 17.6 Å². The molecule has 21 heavy (non-hydrogen) atoms. The Hall–Kier alpha value is -2.55. The van der Waals surface area contributed by atoms with Crippen molar-refractivity contribution in [3.05, 3.63) is 39.2 Å². The number of ether oxygens (including phenoxy) is 1. The molecule has 8 nitrogen and oxygen atoms in total. The molecule has 0 saturated carbocycles. The van der Waals surface area contributed by atoms with Gasteiger partial charge in [-0.3, -0.25) is 14.9 Å². The van der Waals surface area contributed by atoms with Crippen molar-refractivity contribution < 1.29 is 28.7 Å². The Labute approximate surface area is 118 Å². The number of nitrogens with one attached hydrogen (secondary N) is 1. The zero-order valence-corrected chi connectivity index (χ0v) is 11.3. The number of amides is 1. The molecule has 0 bridgehead atoms. The topological polar surface area (TPSA) is 119 Å². The van der Waals surface area contributed by atoms with Gasteiger partial charge in [0.15, 0.2) is 6.10 Å². The summed E-state index contributed by atoms with van der Waals surface area (Å²) in [4.78, 5) is 32.5. The number of halogens is 1. The van der Waals surface area contributed by atoms with Crippen LogP contribution in [-0.4, -0.2) is 41.7 Å². The molecule has 0 aliphatic carbocycles. The fourth-order valence-corrected chi connectivity index (χ4v) is 1.57. The SMILES string of the molecule is COC(CNC(=O)c1cc([N+](=O)[O-])cc(C)c1F)C(=O)O. The highest BCUT2D eigenvalue weighted by Gasteiger charge is 2.22. The van der Waals surface area contributed by atoms with E-state index < -0.39 is 46.5 Å². The maximum absolute atomic E-state index is 13.8. The Bertz CT molecular complexity index is 589. The van der Waals surface area contributed by atoms with E-state index in [-0.39, 0.29) is 5.56 Å². The predicted molar refractivity (Wildman–Crippen MR) is 68.6 cm³/mol. The van der Waals surface area contributed by atoms with Gasteiger partial charge in [0.05, 0.1) is 17.0 Å². The molecule has 1 amide bonds. The number of nitro groups is 1. The maximum atomic E-state index is 13.8. The fraction of sp³-hybridized carbons (Fsp3) is 0.333. The zero-order valence-electron chi connectivity index (χ0n) is 11.3. The number of rotatable bonds is 6. The van der Waals surface area contributed by atoms with E-state index >= 15 is 0 Å². The van der Waals surface area contributed by atoms with Crippen molar-refractivity contribution in [1.82, 2.24) is 5.32 Å². The van der Waals surface area contributed by atoms with Gasteiger partial charge in [0.25, 0.3) is 11.6 Å². The van der Waals surface area contributed by atoms with Gasteiger partial charge < -0.3 is 15.2 Å². The number of carboxylic acids is 1. The van der Waals surface area contributed by atoms with Gasteiger partial charge in [0, 0.05) is 19.2 Å². The third-order valence-corrected chi connectivity index (χ3v) is 2.70. The van der Waals surface area contributed by atoms with Gasteiger partial charge in [0.2, 0.25) is 0 Å². The molecule has 0 radical (unpaired) electrons. The number of nitro benzene ring substituents is 1. The second-order valence-corrected chi connectivity index (χ2v) is 4.15. The molecule has 1 aromatic rings. The highest BCUT2D eigenvalue weighted by Crippen LogP contribution is 2.20. The number of carbonyl (C=O) groups is 2. The molecule has 0 fully saturated rings. The van der Waals surface area contributed by atoms with Crippen LogP contribution < -0.4 is 5.32 Å². The lowest BCUT2D eigenvalue weighted by Gasteiger charge is -2.12. The van der Waals surface area contributed by atoms with Crippen LogP contribution in [0.25, 0.3) is 0 Å². The van der Waals surface area contributed by atoms with Crippen LogP contribution in [0.15, 0.2) is 12.1 Å². The molecular weight excluding hydrogens is 287 g/mol. The van der Waals surface area contributed by atoms with E-state index in [4.69, 9.17) is 5.11 Å². The number of carboxylic acid groups (broad SMARTS) is 1. The summed E-state index contributed by atoms with van der Waals surface area (Å²) >= 11 is 0. The van der Waals surface area contributed by atoms with Crippen molar-refractivity contribution in [2.45, 2.75) is 13.0 Å². The van der Waals surface area contributed by atoms with E-state index in [0.717, 1.165) is 19.2 Å². The van der Waals surface area contributed by atoms with E-state index in [9.17, 15) is 24.1 Å². The van der Waals surface area contributed by atoms with Crippen molar-refractivity contribution in [3.8, 4) is 0 Å². The fourth-order valence-electron chi connectivity index (χ4n) is 1.57. The van der Waals surface area contributed by atoms with Crippen LogP contribution in [0, 0.1) is 22.9 Å². The lowest BCUT2D eigenvalue weighted by molar-refractivity contribution is -0.385. The molecule has 9 heteroatoms. The van der Waals surface area contributed by atoms with Gasteiger partial charge in [-0.2, -0.15) is 0 Å². The van der Waals surface area contributed by atoms with E-state index in [0.29, 0.717) is 0 Å². The van der Waals surface area contributed by atoms with Crippen LogP contribution in [-0.2, 0) is 9.53 Å². The Morgan fingerprint density at radius 1 is 1.52 bits per heavy atom.